The zero-order chi connectivity index (χ0) is 54.0. The number of benzene rings is 4. The van der Waals surface area contributed by atoms with Crippen LogP contribution in [0.1, 0.15) is 69.2 Å². The topological polar surface area (TPSA) is 205 Å². The van der Waals surface area contributed by atoms with E-state index in [4.69, 9.17) is 9.47 Å². The van der Waals surface area contributed by atoms with Crippen LogP contribution in [-0.4, -0.2) is 80.9 Å². The van der Waals surface area contributed by atoms with Crippen molar-refractivity contribution in [2.24, 2.45) is 0 Å². The van der Waals surface area contributed by atoms with Gasteiger partial charge in [-0.05, 0) is 109 Å². The van der Waals surface area contributed by atoms with E-state index in [1.165, 1.54) is 72.8 Å². The van der Waals surface area contributed by atoms with Gasteiger partial charge in [-0.3, -0.25) is 9.44 Å². The highest BCUT2D eigenvalue weighted by molar-refractivity contribution is 7.93. The van der Waals surface area contributed by atoms with Crippen LogP contribution in [0.3, 0.4) is 0 Å². The zero-order valence-corrected chi connectivity index (χ0v) is 42.1. The number of alkyl halides is 6. The number of nitrogens with zero attached hydrogens (tertiary/aromatic N) is 2. The third kappa shape index (κ3) is 14.1. The third-order valence-corrected chi connectivity index (χ3v) is 16.3. The quantitative estimate of drug-likeness (QED) is 0.0774. The number of hydrogen-bond donors (Lipinski definition) is 2. The molecule has 2 aromatic heterocycles. The molecule has 2 N–H and O–H groups in total. The maximum atomic E-state index is 13.4. The molecule has 0 bridgehead atoms. The van der Waals surface area contributed by atoms with Crippen LogP contribution < -0.4 is 18.9 Å². The van der Waals surface area contributed by atoms with Crippen LogP contribution in [0.4, 0.5) is 46.8 Å². The van der Waals surface area contributed by atoms with E-state index in [2.05, 4.69) is 19.4 Å². The predicted octanol–water partition coefficient (Wildman–Crippen LogP) is 9.08. The Morgan fingerprint density at radius 1 is 0.514 bits per heavy atom. The van der Waals surface area contributed by atoms with E-state index in [-0.39, 0.29) is 81.6 Å². The van der Waals surface area contributed by atoms with Crippen molar-refractivity contribution in [3.8, 4) is 11.5 Å². The van der Waals surface area contributed by atoms with Crippen molar-refractivity contribution >= 4 is 51.4 Å². The summed E-state index contributed by atoms with van der Waals surface area (Å²) in [6, 6.07) is 22.0. The summed E-state index contributed by atoms with van der Waals surface area (Å²) in [5.41, 5.74) is 0.847. The zero-order valence-electron chi connectivity index (χ0n) is 38.8. The lowest BCUT2D eigenvalue weighted by Crippen LogP contribution is -2.20. The first-order valence-electron chi connectivity index (χ1n) is 22.1. The average Bonchev–Trinajstić information content (AvgIpc) is 3.30. The van der Waals surface area contributed by atoms with Gasteiger partial charge >= 0.3 is 12.4 Å². The fourth-order valence-electron chi connectivity index (χ4n) is 8.31. The minimum absolute atomic E-state index is 0.109. The molecule has 0 spiro atoms. The second-order valence-electron chi connectivity index (χ2n) is 17.3. The molecule has 0 fully saturated rings. The summed E-state index contributed by atoms with van der Waals surface area (Å²) in [5.74, 6) is -3.25. The summed E-state index contributed by atoms with van der Waals surface area (Å²) in [6.07, 6.45) is -6.61. The highest BCUT2D eigenvalue weighted by Crippen LogP contribution is 2.44. The molecule has 2 aliphatic heterocycles. The lowest BCUT2D eigenvalue weighted by Gasteiger charge is -2.29. The van der Waals surface area contributed by atoms with E-state index in [1.54, 1.807) is 0 Å². The molecule has 0 amide bonds. The van der Waals surface area contributed by atoms with Gasteiger partial charge in [0.1, 0.15) is 42.8 Å². The molecule has 0 saturated carbocycles. The molecule has 2 atom stereocenters. The van der Waals surface area contributed by atoms with E-state index in [0.717, 1.165) is 48.9 Å². The molecule has 14 nitrogen and oxygen atoms in total. The van der Waals surface area contributed by atoms with Crippen molar-refractivity contribution < 1.29 is 78.3 Å². The van der Waals surface area contributed by atoms with Crippen molar-refractivity contribution in [1.29, 1.82) is 0 Å². The lowest BCUT2D eigenvalue weighted by atomic mass is 9.83. The van der Waals surface area contributed by atoms with Gasteiger partial charge in [0.25, 0.3) is 20.0 Å². The standard InChI is InChI=1S/2C24H22F4N2O5S2/c2*1-36(31,32)12-10-15-13-16(24(26,27)28)5-7-18(15)19-9-11-35-21-14-17(6-8-20(19)21)37(33,34)30-23-4-2-3-22(25)29-23/h2*2-8,13-14,19H,9-12H2,1H3,(H,29,30)/t2*19-/m10/s1. The van der Waals surface area contributed by atoms with E-state index in [0.29, 0.717) is 35.1 Å². The second kappa shape index (κ2) is 21.5. The van der Waals surface area contributed by atoms with Crippen molar-refractivity contribution in [1.82, 2.24) is 9.97 Å². The highest BCUT2D eigenvalue weighted by Gasteiger charge is 2.35. The SMILES string of the molecule is CS(=O)(=O)CCc1cc(C(F)(F)F)ccc1[C@@H]1CCOc2cc(S(=O)(=O)Nc3cccc(F)n3)ccc21.CS(=O)(=O)CCc1cc(C(F)(F)F)ccc1[C@H]1CCOc2cc(S(=O)(=O)Nc3cccc(F)n3)ccc21. The Bertz CT molecular complexity index is 3310. The van der Waals surface area contributed by atoms with Crippen LogP contribution >= 0.6 is 0 Å². The molecule has 26 heteroatoms. The molecule has 0 unspecified atom stereocenters. The first-order chi connectivity index (χ1) is 34.5. The average molecular weight is 1120 g/mol. The van der Waals surface area contributed by atoms with Gasteiger partial charge < -0.3 is 9.47 Å². The van der Waals surface area contributed by atoms with Gasteiger partial charge in [0.15, 0.2) is 0 Å². The van der Waals surface area contributed by atoms with Gasteiger partial charge in [-0.25, -0.2) is 43.6 Å². The van der Waals surface area contributed by atoms with Gasteiger partial charge in [-0.1, -0.05) is 36.4 Å². The minimum atomic E-state index is -4.60. The van der Waals surface area contributed by atoms with Gasteiger partial charge in [0, 0.05) is 47.6 Å². The number of sulfone groups is 2. The van der Waals surface area contributed by atoms with Crippen molar-refractivity contribution in [3.05, 3.63) is 166 Å². The maximum Gasteiger partial charge on any atom is 0.416 e. The monoisotopic (exact) mass is 1120 g/mol. The molecular formula is C48H44F8N4O10S4. The molecule has 0 saturated heterocycles. The van der Waals surface area contributed by atoms with E-state index < -0.39 is 86.9 Å². The Labute approximate surface area is 421 Å². The molecule has 4 aromatic carbocycles. The minimum Gasteiger partial charge on any atom is -0.493 e. The van der Waals surface area contributed by atoms with Crippen molar-refractivity contribution in [3.63, 3.8) is 0 Å². The second-order valence-corrected chi connectivity index (χ2v) is 25.1. The molecule has 8 rings (SSSR count). The van der Waals surface area contributed by atoms with Gasteiger partial charge in [0.05, 0.1) is 45.6 Å². The Balaban J connectivity index is 0.000000216. The maximum absolute atomic E-state index is 13.4. The summed E-state index contributed by atoms with van der Waals surface area (Å²) >= 11 is 0. The Kier molecular flexibility index (Phi) is 16.1. The molecule has 396 valence electrons. The van der Waals surface area contributed by atoms with Crippen molar-refractivity contribution in [2.75, 3.05) is 46.7 Å². The largest absolute Gasteiger partial charge is 0.493 e. The summed E-state index contributed by atoms with van der Waals surface area (Å²) in [6.45, 7) is 0.319. The van der Waals surface area contributed by atoms with Gasteiger partial charge in [-0.15, -0.1) is 0 Å². The van der Waals surface area contributed by atoms with Gasteiger partial charge in [-0.2, -0.15) is 35.1 Å². The molecule has 6 aromatic rings. The number of anilines is 2. The molecule has 0 radical (unpaired) electrons. The number of fused-ring (bicyclic) bond motifs is 2. The fourth-order valence-corrected chi connectivity index (χ4v) is 11.5. The van der Waals surface area contributed by atoms with Crippen molar-refractivity contribution in [2.45, 2.75) is 59.7 Å². The summed E-state index contributed by atoms with van der Waals surface area (Å²) < 4.78 is 221. The number of ether oxygens (including phenoxy) is 2. The van der Waals surface area contributed by atoms with E-state index >= 15 is 0 Å². The summed E-state index contributed by atoms with van der Waals surface area (Å²) in [4.78, 5) is 6.61. The van der Waals surface area contributed by atoms with Crippen LogP contribution in [0, 0.1) is 11.9 Å². The Morgan fingerprint density at radius 3 is 1.22 bits per heavy atom. The van der Waals surface area contributed by atoms with Crippen LogP contribution in [0.2, 0.25) is 0 Å². The number of aryl methyl sites for hydroxylation is 2. The Hall–Kier alpha value is -6.38. The normalized spacial score (nSPS) is 16.1. The van der Waals surface area contributed by atoms with Crippen LogP contribution in [0.25, 0.3) is 0 Å². The smallest absolute Gasteiger partial charge is 0.416 e. The summed E-state index contributed by atoms with van der Waals surface area (Å²) in [5, 5.41) is 0. The molecule has 74 heavy (non-hydrogen) atoms. The summed E-state index contributed by atoms with van der Waals surface area (Å²) in [7, 11) is -15.2. The number of nitrogens with one attached hydrogen (secondary N) is 2. The molecule has 0 aliphatic carbocycles. The third-order valence-electron chi connectivity index (χ3n) is 11.8. The first-order valence-corrected chi connectivity index (χ1v) is 29.1. The lowest BCUT2D eigenvalue weighted by molar-refractivity contribution is -0.138. The number of hydrogen-bond acceptors (Lipinski definition) is 12. The number of rotatable bonds is 14. The number of aromatic nitrogens is 2. The van der Waals surface area contributed by atoms with E-state index in [1.807, 2.05) is 0 Å². The Morgan fingerprint density at radius 2 is 0.878 bits per heavy atom. The number of halogens is 8. The molecule has 2 aliphatic rings. The van der Waals surface area contributed by atoms with E-state index in [9.17, 15) is 68.8 Å². The predicted molar refractivity (Wildman–Crippen MR) is 257 cm³/mol. The van der Waals surface area contributed by atoms with Crippen LogP contribution in [-0.2, 0) is 64.9 Å². The number of sulfonamides is 2. The molecule has 4 heterocycles. The first kappa shape index (κ1) is 55.4. The van der Waals surface area contributed by atoms with Gasteiger partial charge in [0.2, 0.25) is 11.9 Å². The molecular weight excluding hydrogens is 1070 g/mol. The van der Waals surface area contributed by atoms with Crippen LogP contribution in [0.5, 0.6) is 11.5 Å². The highest BCUT2D eigenvalue weighted by atomic mass is 32.2. The fraction of sp³-hybridized carbons (Fsp3) is 0.292. The van der Waals surface area contributed by atoms with Crippen LogP contribution in [0.15, 0.2) is 119 Å². The number of pyridine rings is 2.